The van der Waals surface area contributed by atoms with Crippen molar-refractivity contribution in [2.45, 2.75) is 97.7 Å². The largest absolute Gasteiger partial charge is 0.393 e. The molecule has 0 aliphatic heterocycles. The van der Waals surface area contributed by atoms with E-state index in [9.17, 15) is 10.2 Å². The second-order valence-corrected chi connectivity index (χ2v) is 10.8. The van der Waals surface area contributed by atoms with Crippen LogP contribution in [0.25, 0.3) is 0 Å². The Bertz CT molecular complexity index is 504. The van der Waals surface area contributed by atoms with Gasteiger partial charge in [0.05, 0.1) is 12.2 Å². The van der Waals surface area contributed by atoms with E-state index in [0.29, 0.717) is 28.6 Å². The van der Waals surface area contributed by atoms with E-state index >= 15 is 0 Å². The fourth-order valence-electron chi connectivity index (χ4n) is 8.46. The second-order valence-electron chi connectivity index (χ2n) is 10.8. The predicted octanol–water partition coefficient (Wildman–Crippen LogP) is 5.02. The van der Waals surface area contributed by atoms with Crippen molar-refractivity contribution in [1.82, 2.24) is 0 Å². The Balaban J connectivity index is 1.63. The number of rotatable bonds is 2. The van der Waals surface area contributed by atoms with Crippen molar-refractivity contribution in [2.24, 2.45) is 46.3 Å². The van der Waals surface area contributed by atoms with Crippen LogP contribution in [0, 0.1) is 46.3 Å². The summed E-state index contributed by atoms with van der Waals surface area (Å²) in [5.74, 6) is 4.13. The van der Waals surface area contributed by atoms with E-state index in [4.69, 9.17) is 0 Å². The van der Waals surface area contributed by atoms with E-state index in [-0.39, 0.29) is 12.2 Å². The van der Waals surface area contributed by atoms with Gasteiger partial charge in [0.15, 0.2) is 0 Å². The molecular weight excluding hydrogens is 308 g/mol. The molecule has 144 valence electrons. The maximum absolute atomic E-state index is 11.2. The first-order valence-corrected chi connectivity index (χ1v) is 11.2. The molecule has 4 saturated carbocycles. The summed E-state index contributed by atoms with van der Waals surface area (Å²) >= 11 is 0. The van der Waals surface area contributed by atoms with E-state index in [1.165, 1.54) is 38.5 Å². The van der Waals surface area contributed by atoms with Crippen molar-refractivity contribution in [3.63, 3.8) is 0 Å². The van der Waals surface area contributed by atoms with Gasteiger partial charge < -0.3 is 10.2 Å². The zero-order valence-electron chi connectivity index (χ0n) is 16.9. The fraction of sp³-hybridized carbons (Fsp3) is 1.00. The number of fused-ring (bicyclic) bond motifs is 5. The molecule has 4 aliphatic carbocycles. The highest BCUT2D eigenvalue weighted by Crippen LogP contribution is 2.68. The lowest BCUT2D eigenvalue weighted by atomic mass is 9.43. The summed E-state index contributed by atoms with van der Waals surface area (Å²) in [5.41, 5.74) is 0.813. The SMILES string of the molecule is CC[C@@H](C)C1CCC2C3C(O)CC4CC(O)CCC4(C)C3CCC21C. The van der Waals surface area contributed by atoms with Gasteiger partial charge in [-0.05, 0) is 97.7 Å². The summed E-state index contributed by atoms with van der Waals surface area (Å²) in [6, 6.07) is 0. The zero-order valence-corrected chi connectivity index (χ0v) is 16.9. The Kier molecular flexibility index (Phi) is 4.56. The minimum absolute atomic E-state index is 0.128. The molecule has 0 amide bonds. The van der Waals surface area contributed by atoms with Crippen LogP contribution in [-0.2, 0) is 0 Å². The Labute approximate surface area is 154 Å². The van der Waals surface area contributed by atoms with Crippen molar-refractivity contribution in [1.29, 1.82) is 0 Å². The molecule has 0 radical (unpaired) electrons. The van der Waals surface area contributed by atoms with Gasteiger partial charge in [-0.1, -0.05) is 34.1 Å². The van der Waals surface area contributed by atoms with Gasteiger partial charge in [-0.25, -0.2) is 0 Å². The topological polar surface area (TPSA) is 40.5 Å². The average Bonchev–Trinajstić information content (AvgIpc) is 2.93. The molecule has 0 aromatic carbocycles. The Morgan fingerprint density at radius 3 is 2.32 bits per heavy atom. The van der Waals surface area contributed by atoms with Gasteiger partial charge in [0.2, 0.25) is 0 Å². The Hall–Kier alpha value is -0.0800. The third kappa shape index (κ3) is 2.57. The highest BCUT2D eigenvalue weighted by Gasteiger charge is 2.62. The monoisotopic (exact) mass is 348 g/mol. The molecule has 0 aromatic heterocycles. The molecule has 0 saturated heterocycles. The van der Waals surface area contributed by atoms with Gasteiger partial charge >= 0.3 is 0 Å². The van der Waals surface area contributed by atoms with Gasteiger partial charge in [0.1, 0.15) is 0 Å². The summed E-state index contributed by atoms with van der Waals surface area (Å²) in [6.45, 7) is 9.89. The van der Waals surface area contributed by atoms with E-state index in [1.807, 2.05) is 0 Å². The van der Waals surface area contributed by atoms with E-state index < -0.39 is 0 Å². The molecule has 4 aliphatic rings. The number of aliphatic hydroxyl groups is 2. The van der Waals surface area contributed by atoms with Crippen molar-refractivity contribution in [3.8, 4) is 0 Å². The lowest BCUT2D eigenvalue weighted by Crippen LogP contribution is -2.58. The van der Waals surface area contributed by atoms with E-state index in [2.05, 4.69) is 27.7 Å². The summed E-state index contributed by atoms with van der Waals surface area (Å²) in [5, 5.41) is 21.4. The Morgan fingerprint density at radius 1 is 0.920 bits per heavy atom. The summed E-state index contributed by atoms with van der Waals surface area (Å²) in [7, 11) is 0. The zero-order chi connectivity index (χ0) is 18.0. The number of hydrogen-bond donors (Lipinski definition) is 2. The maximum Gasteiger partial charge on any atom is 0.0577 e. The smallest absolute Gasteiger partial charge is 0.0577 e. The lowest BCUT2D eigenvalue weighted by Gasteiger charge is -2.62. The van der Waals surface area contributed by atoms with E-state index in [0.717, 1.165) is 37.0 Å². The molecule has 2 N–H and O–H groups in total. The minimum atomic E-state index is -0.131. The van der Waals surface area contributed by atoms with Crippen LogP contribution in [0.1, 0.15) is 85.5 Å². The first-order valence-electron chi connectivity index (χ1n) is 11.2. The van der Waals surface area contributed by atoms with E-state index in [1.54, 1.807) is 0 Å². The highest BCUT2D eigenvalue weighted by atomic mass is 16.3. The van der Waals surface area contributed by atoms with Crippen LogP contribution in [0.15, 0.2) is 0 Å². The average molecular weight is 349 g/mol. The van der Waals surface area contributed by atoms with Crippen LogP contribution in [-0.4, -0.2) is 22.4 Å². The van der Waals surface area contributed by atoms with Crippen LogP contribution < -0.4 is 0 Å². The minimum Gasteiger partial charge on any atom is -0.393 e. The van der Waals surface area contributed by atoms with Crippen molar-refractivity contribution in [3.05, 3.63) is 0 Å². The third-order valence-corrected chi connectivity index (χ3v) is 10.1. The first kappa shape index (κ1) is 18.3. The van der Waals surface area contributed by atoms with Gasteiger partial charge in [-0.3, -0.25) is 0 Å². The maximum atomic E-state index is 11.2. The molecule has 2 nitrogen and oxygen atoms in total. The Morgan fingerprint density at radius 2 is 1.60 bits per heavy atom. The molecule has 0 bridgehead atoms. The molecule has 25 heavy (non-hydrogen) atoms. The van der Waals surface area contributed by atoms with Crippen LogP contribution >= 0.6 is 0 Å². The molecule has 0 heterocycles. The molecule has 10 atom stereocenters. The highest BCUT2D eigenvalue weighted by molar-refractivity contribution is 5.11. The summed E-state index contributed by atoms with van der Waals surface area (Å²) in [6.07, 6.45) is 10.4. The standard InChI is InChI=1S/C23H40O2/c1-5-14(2)17-6-7-18-21-19(9-11-23(17,18)4)22(3)10-8-16(24)12-15(22)13-20(21)25/h14-21,24-25H,5-13H2,1-4H3/t14-,15?,16?,17?,18?,19?,20?,21?,22?,23?/m1/s1. The van der Waals surface area contributed by atoms with Crippen molar-refractivity contribution < 1.29 is 10.2 Å². The molecule has 2 heteroatoms. The van der Waals surface area contributed by atoms with Crippen LogP contribution in [0.2, 0.25) is 0 Å². The van der Waals surface area contributed by atoms with Gasteiger partial charge in [-0.15, -0.1) is 0 Å². The molecule has 4 rings (SSSR count). The van der Waals surface area contributed by atoms with Gasteiger partial charge in [0, 0.05) is 0 Å². The predicted molar refractivity (Wildman–Crippen MR) is 102 cm³/mol. The van der Waals surface area contributed by atoms with Gasteiger partial charge in [0.25, 0.3) is 0 Å². The third-order valence-electron chi connectivity index (χ3n) is 10.1. The fourth-order valence-corrected chi connectivity index (χ4v) is 8.46. The molecule has 9 unspecified atom stereocenters. The molecule has 4 fully saturated rings. The van der Waals surface area contributed by atoms with Crippen molar-refractivity contribution >= 4 is 0 Å². The van der Waals surface area contributed by atoms with Gasteiger partial charge in [-0.2, -0.15) is 0 Å². The summed E-state index contributed by atoms with van der Waals surface area (Å²) < 4.78 is 0. The molecule has 0 spiro atoms. The molecular formula is C23H40O2. The first-order chi connectivity index (χ1) is 11.8. The summed E-state index contributed by atoms with van der Waals surface area (Å²) in [4.78, 5) is 0. The van der Waals surface area contributed by atoms with Crippen LogP contribution in [0.5, 0.6) is 0 Å². The lowest BCUT2D eigenvalue weighted by molar-refractivity contribution is -0.174. The van der Waals surface area contributed by atoms with Crippen LogP contribution in [0.4, 0.5) is 0 Å². The van der Waals surface area contributed by atoms with Crippen molar-refractivity contribution in [2.75, 3.05) is 0 Å². The second kappa shape index (κ2) is 6.23. The quantitative estimate of drug-likeness (QED) is 0.735. The van der Waals surface area contributed by atoms with Crippen LogP contribution in [0.3, 0.4) is 0 Å². The normalized spacial score (nSPS) is 56.6. The number of aliphatic hydroxyl groups excluding tert-OH is 2. The molecule has 0 aromatic rings. The number of hydrogen-bond acceptors (Lipinski definition) is 2.